The summed E-state index contributed by atoms with van der Waals surface area (Å²) in [7, 11) is 0. The molecule has 7 heteroatoms. The molecule has 0 spiro atoms. The van der Waals surface area contributed by atoms with Gasteiger partial charge in [-0.3, -0.25) is 9.78 Å². The van der Waals surface area contributed by atoms with E-state index >= 15 is 0 Å². The number of rotatable bonds is 5. The average Bonchev–Trinajstić information content (AvgIpc) is 3.31. The topological polar surface area (TPSA) is 81.7 Å². The SMILES string of the molecule is O=C(NCC1CCCO1)c1cc(Nc2ccc3c(c2)OCO3)ccn1. The fourth-order valence-corrected chi connectivity index (χ4v) is 2.88. The van der Waals surface area contributed by atoms with Gasteiger partial charge in [0, 0.05) is 36.8 Å². The molecular weight excluding hydrogens is 322 g/mol. The lowest BCUT2D eigenvalue weighted by Gasteiger charge is -2.11. The van der Waals surface area contributed by atoms with E-state index in [-0.39, 0.29) is 18.8 Å². The number of pyridine rings is 1. The van der Waals surface area contributed by atoms with Gasteiger partial charge in [0.25, 0.3) is 5.91 Å². The molecule has 1 amide bonds. The molecule has 0 saturated carbocycles. The Balaban J connectivity index is 1.41. The highest BCUT2D eigenvalue weighted by atomic mass is 16.7. The molecule has 0 aliphatic carbocycles. The smallest absolute Gasteiger partial charge is 0.270 e. The summed E-state index contributed by atoms with van der Waals surface area (Å²) in [5, 5.41) is 6.12. The molecule has 4 rings (SSSR count). The Morgan fingerprint density at radius 1 is 1.16 bits per heavy atom. The van der Waals surface area contributed by atoms with Crippen molar-refractivity contribution in [1.29, 1.82) is 0 Å². The first kappa shape index (κ1) is 15.7. The van der Waals surface area contributed by atoms with Gasteiger partial charge in [0.15, 0.2) is 11.5 Å². The molecule has 2 N–H and O–H groups in total. The van der Waals surface area contributed by atoms with Crippen LogP contribution in [-0.2, 0) is 4.74 Å². The van der Waals surface area contributed by atoms with E-state index in [4.69, 9.17) is 14.2 Å². The minimum atomic E-state index is -0.204. The molecule has 25 heavy (non-hydrogen) atoms. The van der Waals surface area contributed by atoms with Crippen molar-refractivity contribution < 1.29 is 19.0 Å². The minimum absolute atomic E-state index is 0.110. The lowest BCUT2D eigenvalue weighted by Crippen LogP contribution is -2.32. The van der Waals surface area contributed by atoms with Crippen molar-refractivity contribution in [2.24, 2.45) is 0 Å². The Morgan fingerprint density at radius 2 is 2.04 bits per heavy atom. The van der Waals surface area contributed by atoms with Gasteiger partial charge in [0.05, 0.1) is 6.10 Å². The lowest BCUT2D eigenvalue weighted by molar-refractivity contribution is 0.0854. The summed E-state index contributed by atoms with van der Waals surface area (Å²) in [6.07, 6.45) is 3.75. The Kier molecular flexibility index (Phi) is 4.39. The van der Waals surface area contributed by atoms with E-state index in [1.54, 1.807) is 18.3 Å². The third-order valence-corrected chi connectivity index (χ3v) is 4.17. The number of nitrogens with one attached hydrogen (secondary N) is 2. The van der Waals surface area contributed by atoms with E-state index in [0.717, 1.165) is 36.6 Å². The second-order valence-corrected chi connectivity index (χ2v) is 5.97. The first-order valence-corrected chi connectivity index (χ1v) is 8.30. The van der Waals surface area contributed by atoms with Gasteiger partial charge in [-0.15, -0.1) is 0 Å². The van der Waals surface area contributed by atoms with Crippen LogP contribution in [0, 0.1) is 0 Å². The molecule has 0 bridgehead atoms. The largest absolute Gasteiger partial charge is 0.454 e. The summed E-state index contributed by atoms with van der Waals surface area (Å²) in [5.41, 5.74) is 1.99. The molecule has 7 nitrogen and oxygen atoms in total. The maximum absolute atomic E-state index is 12.3. The lowest BCUT2D eigenvalue weighted by atomic mass is 10.2. The quantitative estimate of drug-likeness (QED) is 0.869. The van der Waals surface area contributed by atoms with E-state index in [2.05, 4.69) is 15.6 Å². The van der Waals surface area contributed by atoms with Crippen LogP contribution >= 0.6 is 0 Å². The third-order valence-electron chi connectivity index (χ3n) is 4.17. The molecule has 1 unspecified atom stereocenters. The van der Waals surface area contributed by atoms with E-state index in [0.29, 0.717) is 18.0 Å². The van der Waals surface area contributed by atoms with Crippen molar-refractivity contribution in [3.63, 3.8) is 0 Å². The number of fused-ring (bicyclic) bond motifs is 1. The molecule has 1 fully saturated rings. The van der Waals surface area contributed by atoms with Gasteiger partial charge in [0.2, 0.25) is 6.79 Å². The molecule has 0 radical (unpaired) electrons. The summed E-state index contributed by atoms with van der Waals surface area (Å²) >= 11 is 0. The van der Waals surface area contributed by atoms with Gasteiger partial charge in [0.1, 0.15) is 5.69 Å². The van der Waals surface area contributed by atoms with Crippen LogP contribution in [0.15, 0.2) is 36.5 Å². The van der Waals surface area contributed by atoms with Gasteiger partial charge in [-0.2, -0.15) is 0 Å². The predicted octanol–water partition coefficient (Wildman–Crippen LogP) is 2.46. The zero-order valence-electron chi connectivity index (χ0n) is 13.7. The summed E-state index contributed by atoms with van der Waals surface area (Å²) in [5.74, 6) is 1.23. The number of carbonyl (C=O) groups excluding carboxylic acids is 1. The standard InChI is InChI=1S/C18H19N3O4/c22-18(20-10-14-2-1-7-23-14)15-8-13(5-6-19-15)21-12-3-4-16-17(9-12)25-11-24-16/h3-6,8-9,14H,1-2,7,10-11H2,(H,19,21)(H,20,22). The van der Waals surface area contributed by atoms with Gasteiger partial charge in [-0.05, 0) is 37.1 Å². The highest BCUT2D eigenvalue weighted by Gasteiger charge is 2.17. The van der Waals surface area contributed by atoms with Gasteiger partial charge in [-0.1, -0.05) is 0 Å². The van der Waals surface area contributed by atoms with Gasteiger partial charge in [-0.25, -0.2) is 0 Å². The van der Waals surface area contributed by atoms with Crippen LogP contribution in [-0.4, -0.2) is 36.9 Å². The Morgan fingerprint density at radius 3 is 2.92 bits per heavy atom. The summed E-state index contributed by atoms with van der Waals surface area (Å²) in [6.45, 7) is 1.52. The maximum Gasteiger partial charge on any atom is 0.270 e. The molecular formula is C18H19N3O4. The number of benzene rings is 1. The summed E-state index contributed by atoms with van der Waals surface area (Å²) in [4.78, 5) is 16.4. The second-order valence-electron chi connectivity index (χ2n) is 5.97. The Bertz CT molecular complexity index is 775. The molecule has 1 saturated heterocycles. The number of anilines is 2. The molecule has 2 aromatic rings. The van der Waals surface area contributed by atoms with Crippen molar-refractivity contribution in [2.45, 2.75) is 18.9 Å². The van der Waals surface area contributed by atoms with Crippen LogP contribution < -0.4 is 20.1 Å². The van der Waals surface area contributed by atoms with Crippen LogP contribution in [0.2, 0.25) is 0 Å². The zero-order valence-corrected chi connectivity index (χ0v) is 13.7. The predicted molar refractivity (Wildman–Crippen MR) is 91.4 cm³/mol. The minimum Gasteiger partial charge on any atom is -0.454 e. The number of nitrogens with zero attached hydrogens (tertiary/aromatic N) is 1. The van der Waals surface area contributed by atoms with Crippen molar-refractivity contribution >= 4 is 17.3 Å². The third kappa shape index (κ3) is 3.66. The molecule has 1 aromatic heterocycles. The van der Waals surface area contributed by atoms with Crippen LogP contribution in [0.4, 0.5) is 11.4 Å². The Labute approximate surface area is 145 Å². The number of carbonyl (C=O) groups is 1. The van der Waals surface area contributed by atoms with Crippen molar-refractivity contribution in [1.82, 2.24) is 10.3 Å². The molecule has 2 aliphatic rings. The first-order valence-electron chi connectivity index (χ1n) is 8.30. The molecule has 3 heterocycles. The van der Waals surface area contributed by atoms with Crippen LogP contribution in [0.25, 0.3) is 0 Å². The number of hydrogen-bond acceptors (Lipinski definition) is 6. The van der Waals surface area contributed by atoms with Crippen LogP contribution in [0.3, 0.4) is 0 Å². The second kappa shape index (κ2) is 6.98. The monoisotopic (exact) mass is 341 g/mol. The van der Waals surface area contributed by atoms with Crippen molar-refractivity contribution in [3.8, 4) is 11.5 Å². The molecule has 130 valence electrons. The van der Waals surface area contributed by atoms with E-state index in [9.17, 15) is 4.79 Å². The van der Waals surface area contributed by atoms with Crippen LogP contribution in [0.5, 0.6) is 11.5 Å². The molecule has 1 aromatic carbocycles. The van der Waals surface area contributed by atoms with Crippen molar-refractivity contribution in [2.75, 3.05) is 25.3 Å². The highest BCUT2D eigenvalue weighted by Crippen LogP contribution is 2.35. The van der Waals surface area contributed by atoms with E-state index < -0.39 is 0 Å². The average molecular weight is 341 g/mol. The number of ether oxygens (including phenoxy) is 3. The van der Waals surface area contributed by atoms with E-state index in [1.165, 1.54) is 0 Å². The van der Waals surface area contributed by atoms with Gasteiger partial charge >= 0.3 is 0 Å². The number of aromatic nitrogens is 1. The Hall–Kier alpha value is -2.80. The van der Waals surface area contributed by atoms with Crippen molar-refractivity contribution in [3.05, 3.63) is 42.2 Å². The molecule has 1 atom stereocenters. The van der Waals surface area contributed by atoms with Crippen LogP contribution in [0.1, 0.15) is 23.3 Å². The fraction of sp³-hybridized carbons (Fsp3) is 0.333. The maximum atomic E-state index is 12.3. The van der Waals surface area contributed by atoms with E-state index in [1.807, 2.05) is 18.2 Å². The normalized spacial score (nSPS) is 18.2. The van der Waals surface area contributed by atoms with Gasteiger partial charge < -0.3 is 24.8 Å². The highest BCUT2D eigenvalue weighted by molar-refractivity contribution is 5.93. The molecule has 2 aliphatic heterocycles. The first-order chi connectivity index (χ1) is 12.3. The number of amides is 1. The zero-order chi connectivity index (χ0) is 17.1. The fourth-order valence-electron chi connectivity index (χ4n) is 2.88. The summed E-state index contributed by atoms with van der Waals surface area (Å²) in [6, 6.07) is 9.13. The number of hydrogen-bond donors (Lipinski definition) is 2. The summed E-state index contributed by atoms with van der Waals surface area (Å²) < 4.78 is 16.2.